The molecule has 21 heavy (non-hydrogen) atoms. The number of rotatable bonds is 2. The Bertz CT molecular complexity index is 687. The zero-order chi connectivity index (χ0) is 15.8. The molecule has 1 aromatic carbocycles. The van der Waals surface area contributed by atoms with Crippen LogP contribution in [-0.2, 0) is 6.18 Å². The minimum atomic E-state index is -4.44. The Labute approximate surface area is 129 Å². The summed E-state index contributed by atoms with van der Waals surface area (Å²) in [5.74, 6) is 0.388. The van der Waals surface area contributed by atoms with Gasteiger partial charge in [0.25, 0.3) is 0 Å². The first-order chi connectivity index (χ1) is 9.70. The van der Waals surface area contributed by atoms with E-state index in [1.807, 2.05) is 0 Å². The third-order valence-electron chi connectivity index (χ3n) is 3.01. The number of hydrogen-bond donors (Lipinski definition) is 1. The Morgan fingerprint density at radius 1 is 1.05 bits per heavy atom. The normalized spacial score (nSPS) is 11.6. The second-order valence-electron chi connectivity index (χ2n) is 4.41. The molecule has 2 rings (SSSR count). The predicted octanol–water partition coefficient (Wildman–Crippen LogP) is 5.16. The molecular formula is C13H10Cl2F3N3. The highest BCUT2D eigenvalue weighted by molar-refractivity contribution is 6.33. The fraction of sp³-hybridized carbons (Fsp3) is 0.231. The molecule has 0 aliphatic carbocycles. The van der Waals surface area contributed by atoms with Gasteiger partial charge in [0.05, 0.1) is 16.3 Å². The van der Waals surface area contributed by atoms with Gasteiger partial charge in [0, 0.05) is 0 Å². The molecule has 0 unspecified atom stereocenters. The molecule has 8 heteroatoms. The molecular weight excluding hydrogens is 326 g/mol. The van der Waals surface area contributed by atoms with Crippen molar-refractivity contribution in [2.24, 2.45) is 0 Å². The van der Waals surface area contributed by atoms with Gasteiger partial charge in [-0.2, -0.15) is 13.2 Å². The average Bonchev–Trinajstić information content (AvgIpc) is 2.40. The second kappa shape index (κ2) is 5.69. The van der Waals surface area contributed by atoms with Crippen LogP contribution in [0.3, 0.4) is 0 Å². The summed E-state index contributed by atoms with van der Waals surface area (Å²) in [6, 6.07) is 3.05. The van der Waals surface area contributed by atoms with Gasteiger partial charge in [0.1, 0.15) is 0 Å². The summed E-state index contributed by atoms with van der Waals surface area (Å²) in [7, 11) is 0. The van der Waals surface area contributed by atoms with Crippen molar-refractivity contribution in [1.82, 2.24) is 10.2 Å². The Kier molecular flexibility index (Phi) is 4.30. The topological polar surface area (TPSA) is 37.8 Å². The summed E-state index contributed by atoms with van der Waals surface area (Å²) in [5, 5.41) is 10.7. The molecule has 0 saturated heterocycles. The second-order valence-corrected chi connectivity index (χ2v) is 5.17. The fourth-order valence-corrected chi connectivity index (χ4v) is 2.02. The van der Waals surface area contributed by atoms with Gasteiger partial charge in [-0.15, -0.1) is 10.2 Å². The number of anilines is 2. The maximum absolute atomic E-state index is 12.6. The molecule has 0 saturated carbocycles. The number of aromatic nitrogens is 2. The summed E-state index contributed by atoms with van der Waals surface area (Å²) >= 11 is 11.7. The van der Waals surface area contributed by atoms with Gasteiger partial charge in [-0.3, -0.25) is 0 Å². The van der Waals surface area contributed by atoms with E-state index in [-0.39, 0.29) is 10.2 Å². The van der Waals surface area contributed by atoms with E-state index in [0.717, 1.165) is 23.3 Å². The van der Waals surface area contributed by atoms with E-state index in [2.05, 4.69) is 15.5 Å². The van der Waals surface area contributed by atoms with Crippen molar-refractivity contribution in [3.63, 3.8) is 0 Å². The first-order valence-electron chi connectivity index (χ1n) is 5.83. The molecule has 1 aromatic heterocycles. The number of alkyl halides is 3. The van der Waals surface area contributed by atoms with Crippen LogP contribution in [0.15, 0.2) is 18.2 Å². The fourth-order valence-electron chi connectivity index (χ4n) is 1.62. The molecule has 3 nitrogen and oxygen atoms in total. The molecule has 0 atom stereocenters. The summed E-state index contributed by atoms with van der Waals surface area (Å²) in [6.07, 6.45) is -4.44. The van der Waals surface area contributed by atoms with Crippen molar-refractivity contribution in [2.75, 3.05) is 5.32 Å². The Morgan fingerprint density at radius 2 is 1.71 bits per heavy atom. The van der Waals surface area contributed by atoms with Crippen LogP contribution in [-0.4, -0.2) is 10.2 Å². The van der Waals surface area contributed by atoms with E-state index < -0.39 is 11.7 Å². The number of hydrogen-bond acceptors (Lipinski definition) is 3. The molecule has 2 aromatic rings. The minimum absolute atomic E-state index is 0.0568. The van der Waals surface area contributed by atoms with E-state index in [4.69, 9.17) is 23.2 Å². The van der Waals surface area contributed by atoms with Gasteiger partial charge in [0.15, 0.2) is 11.0 Å². The average molecular weight is 336 g/mol. The van der Waals surface area contributed by atoms with Gasteiger partial charge < -0.3 is 5.32 Å². The summed E-state index contributed by atoms with van der Waals surface area (Å²) in [4.78, 5) is 0. The molecule has 0 fully saturated rings. The Hall–Kier alpha value is -1.53. The van der Waals surface area contributed by atoms with Gasteiger partial charge >= 0.3 is 6.18 Å². The lowest BCUT2D eigenvalue weighted by Crippen LogP contribution is -2.06. The molecule has 0 radical (unpaired) electrons. The van der Waals surface area contributed by atoms with Crippen molar-refractivity contribution < 1.29 is 13.2 Å². The summed E-state index contributed by atoms with van der Waals surface area (Å²) in [6.45, 7) is 3.54. The van der Waals surface area contributed by atoms with E-state index >= 15 is 0 Å². The van der Waals surface area contributed by atoms with Crippen LogP contribution in [0.5, 0.6) is 0 Å². The standard InChI is InChI=1S/C13H10Cl2F3N3/c1-6-7(2)12(21-20-11(6)15)19-10-4-3-8(5-9(10)14)13(16,17)18/h3-5H,1-2H3,(H,19,21). The van der Waals surface area contributed by atoms with Crippen molar-refractivity contribution >= 4 is 34.7 Å². The van der Waals surface area contributed by atoms with Crippen molar-refractivity contribution in [3.05, 3.63) is 45.1 Å². The van der Waals surface area contributed by atoms with Gasteiger partial charge in [0.2, 0.25) is 0 Å². The maximum Gasteiger partial charge on any atom is 0.416 e. The lowest BCUT2D eigenvalue weighted by molar-refractivity contribution is -0.137. The van der Waals surface area contributed by atoms with Crippen molar-refractivity contribution in [1.29, 1.82) is 0 Å². The number of nitrogens with one attached hydrogen (secondary N) is 1. The van der Waals surface area contributed by atoms with Crippen LogP contribution in [0, 0.1) is 13.8 Å². The largest absolute Gasteiger partial charge is 0.416 e. The monoisotopic (exact) mass is 335 g/mol. The predicted molar refractivity (Wildman–Crippen MR) is 76.3 cm³/mol. The molecule has 1 heterocycles. The molecule has 0 aliphatic heterocycles. The smallest absolute Gasteiger partial charge is 0.337 e. The van der Waals surface area contributed by atoms with Crippen LogP contribution in [0.2, 0.25) is 10.2 Å². The molecule has 112 valence electrons. The maximum atomic E-state index is 12.6. The van der Waals surface area contributed by atoms with Crippen LogP contribution < -0.4 is 5.32 Å². The van der Waals surface area contributed by atoms with E-state index in [1.54, 1.807) is 13.8 Å². The van der Waals surface area contributed by atoms with Gasteiger partial charge in [-0.25, -0.2) is 0 Å². The molecule has 0 bridgehead atoms. The van der Waals surface area contributed by atoms with Gasteiger partial charge in [-0.1, -0.05) is 23.2 Å². The van der Waals surface area contributed by atoms with E-state index in [1.165, 1.54) is 6.07 Å². The first-order valence-corrected chi connectivity index (χ1v) is 6.59. The molecule has 1 N–H and O–H groups in total. The molecule has 0 spiro atoms. The first kappa shape index (κ1) is 15.9. The van der Waals surface area contributed by atoms with Gasteiger partial charge in [-0.05, 0) is 43.2 Å². The SMILES string of the molecule is Cc1c(Cl)nnc(Nc2ccc(C(F)(F)F)cc2Cl)c1C. The minimum Gasteiger partial charge on any atom is -0.337 e. The molecule has 0 aliphatic rings. The zero-order valence-corrected chi connectivity index (χ0v) is 12.5. The van der Waals surface area contributed by atoms with Crippen molar-refractivity contribution in [3.8, 4) is 0 Å². The van der Waals surface area contributed by atoms with E-state index in [9.17, 15) is 13.2 Å². The van der Waals surface area contributed by atoms with Crippen LogP contribution in [0.4, 0.5) is 24.7 Å². The van der Waals surface area contributed by atoms with E-state index in [0.29, 0.717) is 11.5 Å². The summed E-state index contributed by atoms with van der Waals surface area (Å²) in [5.41, 5.74) is 0.972. The van der Waals surface area contributed by atoms with Crippen molar-refractivity contribution in [2.45, 2.75) is 20.0 Å². The Morgan fingerprint density at radius 3 is 2.29 bits per heavy atom. The highest BCUT2D eigenvalue weighted by Gasteiger charge is 2.30. The summed E-state index contributed by atoms with van der Waals surface area (Å²) < 4.78 is 37.7. The lowest BCUT2D eigenvalue weighted by atomic mass is 10.1. The third kappa shape index (κ3) is 3.39. The van der Waals surface area contributed by atoms with Crippen LogP contribution in [0.25, 0.3) is 0 Å². The Balaban J connectivity index is 2.35. The van der Waals surface area contributed by atoms with Crippen LogP contribution >= 0.6 is 23.2 Å². The highest BCUT2D eigenvalue weighted by atomic mass is 35.5. The highest BCUT2D eigenvalue weighted by Crippen LogP contribution is 2.35. The number of benzene rings is 1. The number of halogens is 5. The lowest BCUT2D eigenvalue weighted by Gasteiger charge is -2.13. The quantitative estimate of drug-likeness (QED) is 0.823. The third-order valence-corrected chi connectivity index (χ3v) is 3.69. The number of nitrogens with zero attached hydrogens (tertiary/aromatic N) is 2. The zero-order valence-electron chi connectivity index (χ0n) is 11.0. The molecule has 0 amide bonds. The van der Waals surface area contributed by atoms with Crippen LogP contribution in [0.1, 0.15) is 16.7 Å².